The maximum atomic E-state index is 9.81. The molecule has 0 unspecified atom stereocenters. The van der Waals surface area contributed by atoms with Crippen LogP contribution < -0.4 is 0 Å². The first-order chi connectivity index (χ1) is 7.75. The fraction of sp³-hybridized carbons (Fsp3) is 0. The average Bonchev–Trinajstić information content (AvgIpc) is 2.28. The maximum Gasteiger partial charge on any atom is 0.123 e. The molecule has 2 heteroatoms. The second-order valence-electron chi connectivity index (χ2n) is 3.81. The number of rotatable bonds is 0. The van der Waals surface area contributed by atoms with Gasteiger partial charge in [0.05, 0.1) is 0 Å². The SMILES string of the molecule is Oc1cccc2cc3cccc(Br)c3cc12. The Bertz CT molecular complexity index is 632. The minimum atomic E-state index is 0.329. The molecule has 0 heterocycles. The third-order valence-electron chi connectivity index (χ3n) is 2.80. The van der Waals surface area contributed by atoms with E-state index in [1.54, 1.807) is 6.07 Å². The molecule has 0 aliphatic carbocycles. The van der Waals surface area contributed by atoms with Gasteiger partial charge in [-0.15, -0.1) is 0 Å². The molecule has 3 rings (SSSR count). The van der Waals surface area contributed by atoms with Gasteiger partial charge in [0, 0.05) is 9.86 Å². The first kappa shape index (κ1) is 9.67. The van der Waals surface area contributed by atoms with Crippen molar-refractivity contribution in [1.29, 1.82) is 0 Å². The molecule has 0 amide bonds. The molecule has 0 saturated heterocycles. The second kappa shape index (κ2) is 3.49. The summed E-state index contributed by atoms with van der Waals surface area (Å²) in [5.41, 5.74) is 0. The largest absolute Gasteiger partial charge is 0.507 e. The standard InChI is InChI=1S/C14H9BrO/c15-13-5-1-3-9-7-10-4-2-6-14(16)12(10)8-11(9)13/h1-8,16H. The van der Waals surface area contributed by atoms with E-state index in [1.807, 2.05) is 30.3 Å². The second-order valence-corrected chi connectivity index (χ2v) is 4.67. The first-order valence-corrected chi connectivity index (χ1v) is 5.85. The van der Waals surface area contributed by atoms with Crippen LogP contribution in [0.2, 0.25) is 0 Å². The van der Waals surface area contributed by atoms with Crippen LogP contribution in [-0.4, -0.2) is 5.11 Å². The molecule has 0 saturated carbocycles. The van der Waals surface area contributed by atoms with Crippen molar-refractivity contribution < 1.29 is 5.11 Å². The van der Waals surface area contributed by atoms with Crippen LogP contribution in [0, 0.1) is 0 Å². The third-order valence-corrected chi connectivity index (χ3v) is 3.49. The number of fused-ring (bicyclic) bond motifs is 2. The number of hydrogen-bond donors (Lipinski definition) is 1. The predicted octanol–water partition coefficient (Wildman–Crippen LogP) is 4.46. The molecular formula is C14H9BrO. The number of phenolic OH excluding ortho intramolecular Hbond substituents is 1. The summed E-state index contributed by atoms with van der Waals surface area (Å²) in [5.74, 6) is 0.329. The molecule has 16 heavy (non-hydrogen) atoms. The molecule has 0 aliphatic rings. The van der Waals surface area contributed by atoms with Gasteiger partial charge >= 0.3 is 0 Å². The van der Waals surface area contributed by atoms with Crippen LogP contribution in [-0.2, 0) is 0 Å². The van der Waals surface area contributed by atoms with Crippen LogP contribution in [0.15, 0.2) is 53.0 Å². The topological polar surface area (TPSA) is 20.2 Å². The minimum absolute atomic E-state index is 0.329. The Balaban J connectivity index is 2.55. The predicted molar refractivity (Wildman–Crippen MR) is 70.8 cm³/mol. The summed E-state index contributed by atoms with van der Waals surface area (Å²) in [6.07, 6.45) is 0. The van der Waals surface area contributed by atoms with E-state index in [9.17, 15) is 5.11 Å². The summed E-state index contributed by atoms with van der Waals surface area (Å²) < 4.78 is 1.05. The molecule has 0 bridgehead atoms. The van der Waals surface area contributed by atoms with E-state index in [0.717, 1.165) is 20.6 Å². The molecule has 0 aliphatic heterocycles. The van der Waals surface area contributed by atoms with Crippen molar-refractivity contribution in [2.24, 2.45) is 0 Å². The highest BCUT2D eigenvalue weighted by Crippen LogP contribution is 2.32. The van der Waals surface area contributed by atoms with Crippen molar-refractivity contribution in [2.45, 2.75) is 0 Å². The summed E-state index contributed by atoms with van der Waals surface area (Å²) in [4.78, 5) is 0. The summed E-state index contributed by atoms with van der Waals surface area (Å²) in [6, 6.07) is 15.8. The first-order valence-electron chi connectivity index (χ1n) is 5.06. The van der Waals surface area contributed by atoms with E-state index in [0.29, 0.717) is 5.75 Å². The van der Waals surface area contributed by atoms with Gasteiger partial charge in [-0.1, -0.05) is 40.2 Å². The highest BCUT2D eigenvalue weighted by atomic mass is 79.9. The van der Waals surface area contributed by atoms with E-state index in [4.69, 9.17) is 0 Å². The number of hydrogen-bond acceptors (Lipinski definition) is 1. The van der Waals surface area contributed by atoms with Gasteiger partial charge in [-0.2, -0.15) is 0 Å². The van der Waals surface area contributed by atoms with Crippen LogP contribution in [0.3, 0.4) is 0 Å². The molecule has 0 radical (unpaired) electrons. The Hall–Kier alpha value is -1.54. The minimum Gasteiger partial charge on any atom is -0.507 e. The van der Waals surface area contributed by atoms with Crippen LogP contribution in [0.5, 0.6) is 5.75 Å². The van der Waals surface area contributed by atoms with E-state index in [2.05, 4.69) is 28.1 Å². The lowest BCUT2D eigenvalue weighted by Crippen LogP contribution is -1.78. The summed E-state index contributed by atoms with van der Waals surface area (Å²) in [6.45, 7) is 0. The van der Waals surface area contributed by atoms with Gasteiger partial charge in [-0.05, 0) is 40.4 Å². The fourth-order valence-corrected chi connectivity index (χ4v) is 2.49. The quantitative estimate of drug-likeness (QED) is 0.599. The van der Waals surface area contributed by atoms with Crippen molar-refractivity contribution in [2.75, 3.05) is 0 Å². The molecule has 0 spiro atoms. The van der Waals surface area contributed by atoms with Crippen LogP contribution in [0.4, 0.5) is 0 Å². The van der Waals surface area contributed by atoms with Gasteiger partial charge < -0.3 is 5.11 Å². The van der Waals surface area contributed by atoms with Gasteiger partial charge in [0.1, 0.15) is 5.75 Å². The lowest BCUT2D eigenvalue weighted by Gasteiger charge is -2.05. The summed E-state index contributed by atoms with van der Waals surface area (Å²) in [7, 11) is 0. The maximum absolute atomic E-state index is 9.81. The van der Waals surface area contributed by atoms with E-state index >= 15 is 0 Å². The Morgan fingerprint density at radius 3 is 2.31 bits per heavy atom. The number of benzene rings is 3. The van der Waals surface area contributed by atoms with Gasteiger partial charge in [0.2, 0.25) is 0 Å². The lowest BCUT2D eigenvalue weighted by molar-refractivity contribution is 0.481. The molecule has 78 valence electrons. The molecule has 0 fully saturated rings. The van der Waals surface area contributed by atoms with Crippen molar-refractivity contribution in [3.63, 3.8) is 0 Å². The molecule has 3 aromatic rings. The molecule has 0 atom stereocenters. The van der Waals surface area contributed by atoms with Gasteiger partial charge in [-0.25, -0.2) is 0 Å². The zero-order valence-corrected chi connectivity index (χ0v) is 10.0. The molecule has 1 N–H and O–H groups in total. The van der Waals surface area contributed by atoms with Gasteiger partial charge in [0.25, 0.3) is 0 Å². The highest BCUT2D eigenvalue weighted by molar-refractivity contribution is 9.10. The lowest BCUT2D eigenvalue weighted by atomic mass is 10.0. The van der Waals surface area contributed by atoms with E-state index < -0.39 is 0 Å². The van der Waals surface area contributed by atoms with Crippen LogP contribution in [0.25, 0.3) is 21.5 Å². The van der Waals surface area contributed by atoms with E-state index in [1.165, 1.54) is 5.39 Å². The zero-order valence-electron chi connectivity index (χ0n) is 8.44. The monoisotopic (exact) mass is 272 g/mol. The van der Waals surface area contributed by atoms with Crippen molar-refractivity contribution in [3.8, 4) is 5.75 Å². The van der Waals surface area contributed by atoms with Crippen LogP contribution >= 0.6 is 15.9 Å². The third kappa shape index (κ3) is 1.38. The number of aromatic hydroxyl groups is 1. The van der Waals surface area contributed by atoms with Crippen molar-refractivity contribution >= 4 is 37.5 Å². The normalized spacial score (nSPS) is 11.1. The molecule has 3 aromatic carbocycles. The number of halogens is 1. The fourth-order valence-electron chi connectivity index (χ4n) is 2.00. The van der Waals surface area contributed by atoms with Gasteiger partial charge in [0.15, 0.2) is 0 Å². The molecule has 1 nitrogen and oxygen atoms in total. The Morgan fingerprint density at radius 2 is 1.50 bits per heavy atom. The number of phenols is 1. The van der Waals surface area contributed by atoms with E-state index in [-0.39, 0.29) is 0 Å². The van der Waals surface area contributed by atoms with Crippen LogP contribution in [0.1, 0.15) is 0 Å². The summed E-state index contributed by atoms with van der Waals surface area (Å²) >= 11 is 3.53. The Labute approximate surface area is 101 Å². The summed E-state index contributed by atoms with van der Waals surface area (Å²) in [5, 5.41) is 14.1. The Morgan fingerprint density at radius 1 is 0.812 bits per heavy atom. The molecular weight excluding hydrogens is 264 g/mol. The molecule has 0 aromatic heterocycles. The van der Waals surface area contributed by atoms with Crippen molar-refractivity contribution in [3.05, 3.63) is 53.0 Å². The zero-order chi connectivity index (χ0) is 11.1. The Kier molecular flexibility index (Phi) is 2.11. The highest BCUT2D eigenvalue weighted by Gasteiger charge is 2.03. The smallest absolute Gasteiger partial charge is 0.123 e. The van der Waals surface area contributed by atoms with Gasteiger partial charge in [-0.3, -0.25) is 0 Å². The average molecular weight is 273 g/mol. The van der Waals surface area contributed by atoms with Crippen molar-refractivity contribution in [1.82, 2.24) is 0 Å².